The van der Waals surface area contributed by atoms with Gasteiger partial charge in [0.2, 0.25) is 0 Å². The number of para-hydroxylation sites is 2. The van der Waals surface area contributed by atoms with Crippen LogP contribution in [0.5, 0.6) is 11.5 Å². The lowest BCUT2D eigenvalue weighted by Gasteiger charge is -2.08. The molecule has 0 amide bonds. The zero-order valence-electron chi connectivity index (χ0n) is 18.8. The zero-order chi connectivity index (χ0) is 24.0. The first-order valence-electron chi connectivity index (χ1n) is 11.2. The van der Waals surface area contributed by atoms with Gasteiger partial charge in [-0.05, 0) is 60.2 Å². The maximum absolute atomic E-state index is 11.0. The number of aromatic nitrogens is 1. The molecular formula is C29H23N3O3. The molecule has 35 heavy (non-hydrogen) atoms. The lowest BCUT2D eigenvalue weighted by atomic mass is 10.2. The molecule has 0 aliphatic rings. The van der Waals surface area contributed by atoms with Crippen LogP contribution in [0.4, 0.5) is 5.69 Å². The van der Waals surface area contributed by atoms with Gasteiger partial charge in [0.15, 0.2) is 0 Å². The van der Waals surface area contributed by atoms with E-state index in [9.17, 15) is 4.79 Å². The van der Waals surface area contributed by atoms with Gasteiger partial charge in [-0.1, -0.05) is 48.5 Å². The summed E-state index contributed by atoms with van der Waals surface area (Å²) in [4.78, 5) is 11.0. The van der Waals surface area contributed by atoms with E-state index < -0.39 is 5.97 Å². The molecular weight excluding hydrogens is 438 g/mol. The van der Waals surface area contributed by atoms with Crippen LogP contribution in [0.3, 0.4) is 0 Å². The molecule has 0 bridgehead atoms. The molecule has 0 unspecified atom stereocenters. The van der Waals surface area contributed by atoms with Crippen LogP contribution in [0.2, 0.25) is 0 Å². The first-order chi connectivity index (χ1) is 17.2. The van der Waals surface area contributed by atoms with E-state index in [2.05, 4.69) is 45.6 Å². The van der Waals surface area contributed by atoms with Crippen molar-refractivity contribution in [3.8, 4) is 11.5 Å². The van der Waals surface area contributed by atoms with E-state index >= 15 is 0 Å². The number of hydrogen-bond acceptors (Lipinski definition) is 4. The van der Waals surface area contributed by atoms with Crippen molar-refractivity contribution >= 4 is 28.8 Å². The molecule has 2 N–H and O–H groups in total. The molecule has 5 aromatic rings. The molecule has 172 valence electrons. The number of nitrogens with zero attached hydrogens (tertiary/aromatic N) is 2. The molecule has 0 atom stereocenters. The molecule has 1 aromatic heterocycles. The van der Waals surface area contributed by atoms with Gasteiger partial charge in [0, 0.05) is 29.2 Å². The Kier molecular flexibility index (Phi) is 6.26. The largest absolute Gasteiger partial charge is 0.478 e. The maximum atomic E-state index is 11.0. The van der Waals surface area contributed by atoms with Gasteiger partial charge < -0.3 is 14.4 Å². The number of hydrazone groups is 1. The minimum absolute atomic E-state index is 0.238. The standard InChI is InChI=1S/C29H23N3O3/c33-29(34)22-12-14-24(15-13-22)31-30-18-23-20-32(28-9-5-4-8-27(23)28)19-21-10-16-26(17-11-21)35-25-6-2-1-3-7-25/h1-18,20,31H,19H2,(H,33,34)/b30-18+. The number of carboxylic acid groups (broad SMARTS) is 1. The predicted molar refractivity (Wildman–Crippen MR) is 139 cm³/mol. The second-order valence-electron chi connectivity index (χ2n) is 8.04. The summed E-state index contributed by atoms with van der Waals surface area (Å²) >= 11 is 0. The van der Waals surface area contributed by atoms with Gasteiger partial charge in [-0.25, -0.2) is 4.79 Å². The Balaban J connectivity index is 1.31. The van der Waals surface area contributed by atoms with Crippen LogP contribution in [-0.2, 0) is 6.54 Å². The number of benzene rings is 4. The molecule has 0 saturated carbocycles. The van der Waals surface area contributed by atoms with Crippen LogP contribution < -0.4 is 10.2 Å². The second-order valence-corrected chi connectivity index (χ2v) is 8.04. The van der Waals surface area contributed by atoms with Crippen molar-refractivity contribution in [1.82, 2.24) is 4.57 Å². The average Bonchev–Trinajstić information content (AvgIpc) is 3.23. The number of rotatable bonds is 8. The molecule has 1 heterocycles. The average molecular weight is 462 g/mol. The zero-order valence-corrected chi connectivity index (χ0v) is 18.8. The van der Waals surface area contributed by atoms with Crippen LogP contribution in [0.1, 0.15) is 21.5 Å². The van der Waals surface area contributed by atoms with Crippen LogP contribution in [0.25, 0.3) is 10.9 Å². The van der Waals surface area contributed by atoms with Crippen molar-refractivity contribution in [3.05, 3.63) is 126 Å². The number of anilines is 1. The molecule has 4 aromatic carbocycles. The van der Waals surface area contributed by atoms with Gasteiger partial charge in [0.1, 0.15) is 11.5 Å². The van der Waals surface area contributed by atoms with Gasteiger partial charge >= 0.3 is 5.97 Å². The normalized spacial score (nSPS) is 11.1. The molecule has 0 aliphatic carbocycles. The molecule has 6 heteroatoms. The Morgan fingerprint density at radius 1 is 0.857 bits per heavy atom. The fourth-order valence-electron chi connectivity index (χ4n) is 3.86. The van der Waals surface area contributed by atoms with Crippen molar-refractivity contribution < 1.29 is 14.6 Å². The molecule has 0 fully saturated rings. The van der Waals surface area contributed by atoms with E-state index in [0.717, 1.165) is 33.5 Å². The summed E-state index contributed by atoms with van der Waals surface area (Å²) in [5.74, 6) is 0.658. The van der Waals surface area contributed by atoms with Crippen molar-refractivity contribution in [2.45, 2.75) is 6.54 Å². The van der Waals surface area contributed by atoms with Crippen LogP contribution >= 0.6 is 0 Å². The van der Waals surface area contributed by atoms with Crippen LogP contribution in [0, 0.1) is 0 Å². The predicted octanol–water partition coefficient (Wildman–Crippen LogP) is 6.63. The van der Waals surface area contributed by atoms with E-state index in [0.29, 0.717) is 12.2 Å². The third kappa shape index (κ3) is 5.23. The first-order valence-corrected chi connectivity index (χ1v) is 11.2. The quantitative estimate of drug-likeness (QED) is 0.201. The first kappa shape index (κ1) is 22.0. The smallest absolute Gasteiger partial charge is 0.335 e. The highest BCUT2D eigenvalue weighted by atomic mass is 16.5. The van der Waals surface area contributed by atoms with Crippen molar-refractivity contribution in [2.75, 3.05) is 5.43 Å². The van der Waals surface area contributed by atoms with Gasteiger partial charge in [0.05, 0.1) is 17.5 Å². The summed E-state index contributed by atoms with van der Waals surface area (Å²) < 4.78 is 8.10. The summed E-state index contributed by atoms with van der Waals surface area (Å²) in [5.41, 5.74) is 7.18. The topological polar surface area (TPSA) is 75.9 Å². The van der Waals surface area contributed by atoms with Gasteiger partial charge in [-0.15, -0.1) is 0 Å². The molecule has 0 radical (unpaired) electrons. The number of fused-ring (bicyclic) bond motifs is 1. The monoisotopic (exact) mass is 461 g/mol. The molecule has 0 saturated heterocycles. The van der Waals surface area contributed by atoms with Crippen molar-refractivity contribution in [2.24, 2.45) is 5.10 Å². The van der Waals surface area contributed by atoms with Crippen molar-refractivity contribution in [1.29, 1.82) is 0 Å². The third-order valence-electron chi connectivity index (χ3n) is 5.60. The number of hydrogen-bond donors (Lipinski definition) is 2. The lowest BCUT2D eigenvalue weighted by Crippen LogP contribution is -1.98. The number of carbonyl (C=O) groups is 1. The number of nitrogens with one attached hydrogen (secondary N) is 1. The minimum Gasteiger partial charge on any atom is -0.478 e. The van der Waals surface area contributed by atoms with E-state index in [4.69, 9.17) is 9.84 Å². The fourth-order valence-corrected chi connectivity index (χ4v) is 3.86. The van der Waals surface area contributed by atoms with Crippen molar-refractivity contribution in [3.63, 3.8) is 0 Å². The second kappa shape index (κ2) is 9.97. The number of ether oxygens (including phenoxy) is 1. The third-order valence-corrected chi connectivity index (χ3v) is 5.60. The Morgan fingerprint density at radius 3 is 2.29 bits per heavy atom. The Morgan fingerprint density at radius 2 is 1.54 bits per heavy atom. The van der Waals surface area contributed by atoms with E-state index in [1.807, 2.05) is 54.6 Å². The highest BCUT2D eigenvalue weighted by Crippen LogP contribution is 2.24. The molecule has 6 nitrogen and oxygen atoms in total. The molecule has 0 aliphatic heterocycles. The van der Waals surface area contributed by atoms with Gasteiger partial charge in [-0.3, -0.25) is 5.43 Å². The SMILES string of the molecule is O=C(O)c1ccc(N/N=C/c2cn(Cc3ccc(Oc4ccccc4)cc3)c3ccccc23)cc1. The van der Waals surface area contributed by atoms with E-state index in [-0.39, 0.29) is 5.56 Å². The van der Waals surface area contributed by atoms with Crippen LogP contribution in [-0.4, -0.2) is 21.9 Å². The van der Waals surface area contributed by atoms with E-state index in [1.165, 1.54) is 0 Å². The van der Waals surface area contributed by atoms with Gasteiger partial charge in [-0.2, -0.15) is 5.10 Å². The summed E-state index contributed by atoms with van der Waals surface area (Å²) in [5, 5.41) is 14.5. The summed E-state index contributed by atoms with van der Waals surface area (Å²) in [6.45, 7) is 0.712. The maximum Gasteiger partial charge on any atom is 0.335 e. The van der Waals surface area contributed by atoms with Crippen LogP contribution in [0.15, 0.2) is 114 Å². The lowest BCUT2D eigenvalue weighted by molar-refractivity contribution is 0.0697. The summed E-state index contributed by atoms with van der Waals surface area (Å²) in [6.07, 6.45) is 3.86. The van der Waals surface area contributed by atoms with Gasteiger partial charge in [0.25, 0.3) is 0 Å². The number of carboxylic acids is 1. The Labute approximate surface area is 202 Å². The Hall–Kier alpha value is -4.84. The summed E-state index contributed by atoms with van der Waals surface area (Å²) in [7, 11) is 0. The highest BCUT2D eigenvalue weighted by molar-refractivity contribution is 5.99. The fraction of sp³-hybridized carbons (Fsp3) is 0.0345. The molecule has 5 rings (SSSR count). The number of aromatic carboxylic acids is 1. The minimum atomic E-state index is -0.953. The highest BCUT2D eigenvalue weighted by Gasteiger charge is 2.08. The van der Waals surface area contributed by atoms with E-state index in [1.54, 1.807) is 30.5 Å². The Bertz CT molecular complexity index is 1470. The molecule has 0 spiro atoms. The summed E-state index contributed by atoms with van der Waals surface area (Å²) in [6, 6.07) is 32.5.